The molecule has 6 heteroatoms. The van der Waals surface area contributed by atoms with Crippen LogP contribution in [-0.4, -0.2) is 25.1 Å². The van der Waals surface area contributed by atoms with E-state index in [9.17, 15) is 4.79 Å². The van der Waals surface area contributed by atoms with Crippen LogP contribution in [0.4, 0.5) is 5.13 Å². The number of hydrogen-bond acceptors (Lipinski definition) is 5. The molecule has 0 fully saturated rings. The lowest BCUT2D eigenvalue weighted by Crippen LogP contribution is -2.13. The van der Waals surface area contributed by atoms with Gasteiger partial charge in [-0.1, -0.05) is 6.07 Å². The number of carbonyl (C=O) groups is 1. The third-order valence-electron chi connectivity index (χ3n) is 5.02. The third kappa shape index (κ3) is 3.73. The Morgan fingerprint density at radius 3 is 2.64 bits per heavy atom. The van der Waals surface area contributed by atoms with Crippen LogP contribution in [0.3, 0.4) is 0 Å². The maximum absolute atomic E-state index is 12.7. The molecule has 0 saturated carbocycles. The van der Waals surface area contributed by atoms with Crippen molar-refractivity contribution < 1.29 is 14.3 Å². The molecule has 1 amide bonds. The number of nitrogens with one attached hydrogen (secondary N) is 1. The minimum absolute atomic E-state index is 0.129. The molecule has 0 radical (unpaired) electrons. The molecule has 0 spiro atoms. The van der Waals surface area contributed by atoms with Crippen molar-refractivity contribution in [3.63, 3.8) is 0 Å². The van der Waals surface area contributed by atoms with Gasteiger partial charge < -0.3 is 9.47 Å². The molecule has 4 rings (SSSR count). The van der Waals surface area contributed by atoms with E-state index < -0.39 is 0 Å². The lowest BCUT2D eigenvalue weighted by Gasteiger charge is -2.16. The molecule has 1 aliphatic rings. The minimum atomic E-state index is -0.129. The number of hydrogen-bond donors (Lipinski definition) is 1. The van der Waals surface area contributed by atoms with Crippen molar-refractivity contribution in [3.05, 3.63) is 58.5 Å². The number of benzene rings is 2. The zero-order chi connectivity index (χ0) is 19.5. The molecule has 0 saturated heterocycles. The van der Waals surface area contributed by atoms with Gasteiger partial charge in [-0.2, -0.15) is 0 Å². The maximum atomic E-state index is 12.7. The van der Waals surface area contributed by atoms with E-state index in [-0.39, 0.29) is 5.91 Å². The normalized spacial score (nSPS) is 12.9. The Labute approximate surface area is 168 Å². The summed E-state index contributed by atoms with van der Waals surface area (Å²) in [6, 6.07) is 11.6. The number of thiazole rings is 1. The van der Waals surface area contributed by atoms with Gasteiger partial charge in [-0.25, -0.2) is 4.98 Å². The fraction of sp³-hybridized carbons (Fsp3) is 0.273. The van der Waals surface area contributed by atoms with Gasteiger partial charge in [0.05, 0.1) is 19.9 Å². The second-order valence-electron chi connectivity index (χ2n) is 6.75. The van der Waals surface area contributed by atoms with Crippen molar-refractivity contribution in [1.82, 2.24) is 4.98 Å². The monoisotopic (exact) mass is 394 g/mol. The van der Waals surface area contributed by atoms with Crippen LogP contribution in [0.25, 0.3) is 11.3 Å². The van der Waals surface area contributed by atoms with Crippen LogP contribution in [0.15, 0.2) is 41.8 Å². The first kappa shape index (κ1) is 18.5. The molecule has 0 unspecified atom stereocenters. The molecule has 0 bridgehead atoms. The number of carbonyl (C=O) groups excluding carboxylic acids is 1. The third-order valence-corrected chi connectivity index (χ3v) is 5.78. The molecule has 28 heavy (non-hydrogen) atoms. The standard InChI is InChI=1S/C22H22N2O3S/c1-26-17-9-10-18(20(12-17)27-2)19-13-28-22(23-19)24-21(25)16-8-7-14-5-3-4-6-15(14)11-16/h7-13H,3-6H2,1-2H3,(H,23,24,25). The predicted molar refractivity (Wildman–Crippen MR) is 112 cm³/mol. The molecule has 1 aliphatic carbocycles. The second-order valence-corrected chi connectivity index (χ2v) is 7.61. The molecule has 5 nitrogen and oxygen atoms in total. The number of fused-ring (bicyclic) bond motifs is 1. The van der Waals surface area contributed by atoms with Crippen molar-refractivity contribution in [2.75, 3.05) is 19.5 Å². The Hall–Kier alpha value is -2.86. The summed E-state index contributed by atoms with van der Waals surface area (Å²) in [5, 5.41) is 5.39. The van der Waals surface area contributed by atoms with E-state index in [1.165, 1.54) is 35.3 Å². The van der Waals surface area contributed by atoms with E-state index in [2.05, 4.69) is 16.4 Å². The fourth-order valence-corrected chi connectivity index (χ4v) is 4.21. The van der Waals surface area contributed by atoms with E-state index >= 15 is 0 Å². The number of anilines is 1. The Balaban J connectivity index is 1.53. The van der Waals surface area contributed by atoms with Crippen molar-refractivity contribution in [1.29, 1.82) is 0 Å². The fourth-order valence-electron chi connectivity index (χ4n) is 3.51. The highest BCUT2D eigenvalue weighted by Gasteiger charge is 2.16. The molecule has 1 aromatic heterocycles. The average molecular weight is 394 g/mol. The van der Waals surface area contributed by atoms with Gasteiger partial charge in [0.25, 0.3) is 5.91 Å². The smallest absolute Gasteiger partial charge is 0.257 e. The van der Waals surface area contributed by atoms with Crippen LogP contribution < -0.4 is 14.8 Å². The van der Waals surface area contributed by atoms with Gasteiger partial charge in [0.15, 0.2) is 5.13 Å². The average Bonchev–Trinajstić information content (AvgIpc) is 3.21. The van der Waals surface area contributed by atoms with E-state index in [1.807, 2.05) is 35.7 Å². The Morgan fingerprint density at radius 2 is 1.86 bits per heavy atom. The van der Waals surface area contributed by atoms with Gasteiger partial charge >= 0.3 is 0 Å². The van der Waals surface area contributed by atoms with Crippen LogP contribution >= 0.6 is 11.3 Å². The summed E-state index contributed by atoms with van der Waals surface area (Å²) in [6.07, 6.45) is 4.58. The minimum Gasteiger partial charge on any atom is -0.497 e. The van der Waals surface area contributed by atoms with Crippen molar-refractivity contribution in [2.45, 2.75) is 25.7 Å². The summed E-state index contributed by atoms with van der Waals surface area (Å²) < 4.78 is 10.7. The van der Waals surface area contributed by atoms with Crippen molar-refractivity contribution >= 4 is 22.4 Å². The largest absolute Gasteiger partial charge is 0.497 e. The summed E-state index contributed by atoms with van der Waals surface area (Å²) in [6.45, 7) is 0. The van der Waals surface area contributed by atoms with E-state index in [4.69, 9.17) is 9.47 Å². The van der Waals surface area contributed by atoms with Crippen LogP contribution in [0.2, 0.25) is 0 Å². The van der Waals surface area contributed by atoms with Crippen molar-refractivity contribution in [2.24, 2.45) is 0 Å². The number of aromatic nitrogens is 1. The summed E-state index contributed by atoms with van der Waals surface area (Å²) in [7, 11) is 3.23. The Morgan fingerprint density at radius 1 is 1.04 bits per heavy atom. The van der Waals surface area contributed by atoms with Gasteiger partial charge in [-0.15, -0.1) is 11.3 Å². The van der Waals surface area contributed by atoms with E-state index in [0.29, 0.717) is 16.4 Å². The van der Waals surface area contributed by atoms with Crippen LogP contribution in [0.1, 0.15) is 34.3 Å². The van der Waals surface area contributed by atoms with Gasteiger partial charge in [0, 0.05) is 22.6 Å². The SMILES string of the molecule is COc1ccc(-c2csc(NC(=O)c3ccc4c(c3)CCCC4)n2)c(OC)c1. The highest BCUT2D eigenvalue weighted by Crippen LogP contribution is 2.35. The molecule has 0 aliphatic heterocycles. The number of ether oxygens (including phenoxy) is 2. The maximum Gasteiger partial charge on any atom is 0.257 e. The highest BCUT2D eigenvalue weighted by atomic mass is 32.1. The first-order valence-electron chi connectivity index (χ1n) is 9.29. The molecular weight excluding hydrogens is 372 g/mol. The molecular formula is C22H22N2O3S. The molecule has 1 N–H and O–H groups in total. The van der Waals surface area contributed by atoms with Crippen LogP contribution in [0.5, 0.6) is 11.5 Å². The summed E-state index contributed by atoms with van der Waals surface area (Å²) in [5.74, 6) is 1.27. The van der Waals surface area contributed by atoms with E-state index in [0.717, 1.165) is 29.8 Å². The molecule has 1 heterocycles. The lowest BCUT2D eigenvalue weighted by molar-refractivity contribution is 0.102. The molecule has 144 valence electrons. The van der Waals surface area contributed by atoms with Crippen LogP contribution in [0, 0.1) is 0 Å². The first-order chi connectivity index (χ1) is 13.7. The van der Waals surface area contributed by atoms with Crippen molar-refractivity contribution in [3.8, 4) is 22.8 Å². The van der Waals surface area contributed by atoms with Gasteiger partial charge in [0.2, 0.25) is 0 Å². The number of methoxy groups -OCH3 is 2. The first-order valence-corrected chi connectivity index (χ1v) is 10.2. The second kappa shape index (κ2) is 8.02. The highest BCUT2D eigenvalue weighted by molar-refractivity contribution is 7.14. The van der Waals surface area contributed by atoms with E-state index in [1.54, 1.807) is 14.2 Å². The number of nitrogens with zero attached hydrogens (tertiary/aromatic N) is 1. The van der Waals surface area contributed by atoms with Gasteiger partial charge in [0.1, 0.15) is 11.5 Å². The quantitative estimate of drug-likeness (QED) is 0.665. The molecule has 2 aromatic carbocycles. The van der Waals surface area contributed by atoms with Crippen LogP contribution in [-0.2, 0) is 12.8 Å². The van der Waals surface area contributed by atoms with Gasteiger partial charge in [-0.3, -0.25) is 10.1 Å². The number of aryl methyl sites for hydroxylation is 2. The predicted octanol–water partition coefficient (Wildman–Crippen LogP) is 4.96. The lowest BCUT2D eigenvalue weighted by atomic mass is 9.90. The summed E-state index contributed by atoms with van der Waals surface area (Å²) >= 11 is 1.40. The topological polar surface area (TPSA) is 60.5 Å². The molecule has 0 atom stereocenters. The number of amides is 1. The zero-order valence-corrected chi connectivity index (χ0v) is 16.8. The summed E-state index contributed by atoms with van der Waals surface area (Å²) in [4.78, 5) is 17.2. The Bertz CT molecular complexity index is 1010. The van der Waals surface area contributed by atoms with Gasteiger partial charge in [-0.05, 0) is 61.1 Å². The zero-order valence-electron chi connectivity index (χ0n) is 16.0. The molecule has 3 aromatic rings. The number of rotatable bonds is 5. The summed E-state index contributed by atoms with van der Waals surface area (Å²) in [5.41, 5.74) is 4.95. The Kier molecular flexibility index (Phi) is 5.30.